The molecule has 0 aromatic rings. The first-order valence-corrected chi connectivity index (χ1v) is 14.9. The van der Waals surface area contributed by atoms with E-state index in [2.05, 4.69) is 0 Å². The lowest BCUT2D eigenvalue weighted by Gasteiger charge is -2.24. The average molecular weight is 517 g/mol. The molecule has 0 aromatic heterocycles. The Morgan fingerprint density at radius 3 is 2.14 bits per heavy atom. The Balaban J connectivity index is 2.76. The lowest BCUT2D eigenvalue weighted by molar-refractivity contribution is -0.870. The second-order valence-electron chi connectivity index (χ2n) is 10.6. The third-order valence-corrected chi connectivity index (χ3v) is 6.96. The van der Waals surface area contributed by atoms with Gasteiger partial charge in [0.2, 0.25) is 0 Å². The van der Waals surface area contributed by atoms with E-state index in [4.69, 9.17) is 13.8 Å². The molecule has 3 atom stereocenters. The van der Waals surface area contributed by atoms with E-state index in [1.807, 2.05) is 34.1 Å². The van der Waals surface area contributed by atoms with Crippen LogP contribution in [0.2, 0.25) is 0 Å². The number of quaternary nitrogens is 1. The average Bonchev–Trinajstić information content (AvgIpc) is 2.74. The number of ether oxygens (including phenoxy) is 1. The molecular formula is C27H51NO6P+. The molecule has 1 heterocycles. The second kappa shape index (κ2) is 18.2. The molecule has 0 saturated heterocycles. The Morgan fingerprint density at radius 1 is 0.971 bits per heavy atom. The molecule has 0 fully saturated rings. The summed E-state index contributed by atoms with van der Waals surface area (Å²) in [6.07, 6.45) is 22.9. The van der Waals surface area contributed by atoms with Crippen LogP contribution in [-0.2, 0) is 18.3 Å². The third-order valence-electron chi connectivity index (χ3n) is 5.94. The number of aliphatic hydroxyl groups is 1. The first-order valence-electron chi connectivity index (χ1n) is 13.4. The van der Waals surface area contributed by atoms with Crippen molar-refractivity contribution < 1.29 is 32.8 Å². The minimum absolute atomic E-state index is 0.0725. The zero-order valence-electron chi connectivity index (χ0n) is 22.6. The van der Waals surface area contributed by atoms with Crippen LogP contribution >= 0.6 is 7.82 Å². The Labute approximate surface area is 214 Å². The van der Waals surface area contributed by atoms with Crippen LogP contribution in [-0.4, -0.2) is 61.0 Å². The van der Waals surface area contributed by atoms with Crippen molar-refractivity contribution >= 4 is 7.82 Å². The maximum absolute atomic E-state index is 12.5. The molecule has 1 unspecified atom stereocenters. The summed E-state index contributed by atoms with van der Waals surface area (Å²) in [5.41, 5.74) is 0. The van der Waals surface area contributed by atoms with Gasteiger partial charge in [0.05, 0.1) is 27.2 Å². The molecule has 0 bridgehead atoms. The van der Waals surface area contributed by atoms with Crippen LogP contribution in [0.4, 0.5) is 0 Å². The number of phosphoric acid groups is 1. The summed E-state index contributed by atoms with van der Waals surface area (Å²) in [5.74, 6) is -0.176. The number of likely N-dealkylation sites (N-methyl/N-ethyl adjacent to an activating group) is 1. The van der Waals surface area contributed by atoms with Gasteiger partial charge in [-0.05, 0) is 32.6 Å². The highest BCUT2D eigenvalue weighted by molar-refractivity contribution is 7.47. The summed E-state index contributed by atoms with van der Waals surface area (Å²) < 4.78 is 29.2. The summed E-state index contributed by atoms with van der Waals surface area (Å²) in [7, 11) is 1.72. The zero-order valence-corrected chi connectivity index (χ0v) is 23.5. The summed E-state index contributed by atoms with van der Waals surface area (Å²) >= 11 is 0. The second-order valence-corrected chi connectivity index (χ2v) is 12.0. The molecule has 204 valence electrons. The van der Waals surface area contributed by atoms with E-state index in [0.717, 1.165) is 25.7 Å². The van der Waals surface area contributed by atoms with Gasteiger partial charge >= 0.3 is 7.82 Å². The van der Waals surface area contributed by atoms with Gasteiger partial charge in [-0.1, -0.05) is 82.1 Å². The van der Waals surface area contributed by atoms with Crippen molar-refractivity contribution in [2.24, 2.45) is 0 Å². The molecule has 1 rings (SSSR count). The van der Waals surface area contributed by atoms with E-state index >= 15 is 0 Å². The molecule has 1 aliphatic heterocycles. The lowest BCUT2D eigenvalue weighted by Crippen LogP contribution is -2.37. The Hall–Kier alpha value is -1.11. The zero-order chi connectivity index (χ0) is 26.0. The van der Waals surface area contributed by atoms with Crippen molar-refractivity contribution in [3.8, 4) is 0 Å². The van der Waals surface area contributed by atoms with Crippen molar-refractivity contribution in [1.29, 1.82) is 0 Å². The van der Waals surface area contributed by atoms with Crippen molar-refractivity contribution in [2.45, 2.75) is 103 Å². The molecule has 35 heavy (non-hydrogen) atoms. The molecule has 0 radical (unpaired) electrons. The summed E-state index contributed by atoms with van der Waals surface area (Å²) in [6, 6.07) is 0. The summed E-state index contributed by atoms with van der Waals surface area (Å²) in [5, 5.41) is 10.1. The van der Waals surface area contributed by atoms with Crippen LogP contribution in [0.25, 0.3) is 0 Å². The van der Waals surface area contributed by atoms with Crippen LogP contribution in [0.5, 0.6) is 0 Å². The molecule has 1 aliphatic rings. The van der Waals surface area contributed by atoms with Crippen molar-refractivity contribution in [1.82, 2.24) is 0 Å². The molecule has 0 aliphatic carbocycles. The van der Waals surface area contributed by atoms with Crippen LogP contribution < -0.4 is 0 Å². The van der Waals surface area contributed by atoms with Gasteiger partial charge in [-0.3, -0.25) is 9.05 Å². The number of nitrogens with zero attached hydrogens (tertiary/aromatic N) is 1. The van der Waals surface area contributed by atoms with Crippen molar-refractivity contribution in [3.63, 3.8) is 0 Å². The van der Waals surface area contributed by atoms with Gasteiger partial charge in [0.1, 0.15) is 19.3 Å². The van der Waals surface area contributed by atoms with E-state index in [9.17, 15) is 14.6 Å². The molecule has 2 N–H and O–H groups in total. The largest absolute Gasteiger partial charge is 0.481 e. The van der Waals surface area contributed by atoms with E-state index in [1.54, 1.807) is 18.2 Å². The van der Waals surface area contributed by atoms with Gasteiger partial charge in [0, 0.05) is 6.08 Å². The molecule has 0 amide bonds. The SMILES string of the molecule is C[C@@H]1CCCCCCCCCCCCCC=C[C@@H](OP(=O)(O)OCC[N+](C)(C)C)C=CC=C(O)O1. The standard InChI is InChI=1S/C27H50NO6P/c1-25-19-16-14-12-10-8-6-5-7-9-11-13-15-17-20-26(21-18-22-27(29)33-25)34-35(30,31)32-24-23-28(2,3)4/h17-18,20-22,25-26H,5-16,19,23-24H2,1-4H3,(H-,29,30,31)/p+1/t25-,26-/m1/s1. The summed E-state index contributed by atoms with van der Waals surface area (Å²) in [6.45, 7) is 2.65. The Kier molecular flexibility index (Phi) is 16.6. The molecule has 8 heteroatoms. The minimum Gasteiger partial charge on any atom is -0.481 e. The predicted molar refractivity (Wildman–Crippen MR) is 143 cm³/mol. The fourth-order valence-electron chi connectivity index (χ4n) is 3.82. The molecule has 0 aromatic carbocycles. The number of hydrogen-bond acceptors (Lipinski definition) is 5. The highest BCUT2D eigenvalue weighted by Crippen LogP contribution is 2.45. The monoisotopic (exact) mass is 516 g/mol. The number of allylic oxidation sites excluding steroid dienone is 3. The van der Waals surface area contributed by atoms with Crippen LogP contribution in [0.1, 0.15) is 90.4 Å². The lowest BCUT2D eigenvalue weighted by atomic mass is 10.0. The maximum atomic E-state index is 12.5. The Bertz CT molecular complexity index is 686. The van der Waals surface area contributed by atoms with E-state index < -0.39 is 13.9 Å². The Morgan fingerprint density at radius 2 is 1.54 bits per heavy atom. The molecule has 0 saturated carbocycles. The highest BCUT2D eigenvalue weighted by Gasteiger charge is 2.25. The molecule has 7 nitrogen and oxygen atoms in total. The number of aliphatic hydroxyl groups excluding tert-OH is 1. The first-order chi connectivity index (χ1) is 16.6. The quantitative estimate of drug-likeness (QED) is 0.221. The fraction of sp³-hybridized carbons (Fsp3) is 0.778. The fourth-order valence-corrected chi connectivity index (χ4v) is 4.64. The summed E-state index contributed by atoms with van der Waals surface area (Å²) in [4.78, 5) is 10.2. The molecule has 0 spiro atoms. The van der Waals surface area contributed by atoms with Gasteiger partial charge in [-0.15, -0.1) is 0 Å². The third kappa shape index (κ3) is 19.7. The van der Waals surface area contributed by atoms with E-state index in [0.29, 0.717) is 11.0 Å². The van der Waals surface area contributed by atoms with Crippen molar-refractivity contribution in [3.05, 3.63) is 36.3 Å². The normalized spacial score (nSPS) is 24.9. The maximum Gasteiger partial charge on any atom is 0.473 e. The van der Waals surface area contributed by atoms with Gasteiger partial charge in [-0.2, -0.15) is 0 Å². The minimum atomic E-state index is -4.23. The van der Waals surface area contributed by atoms with Gasteiger partial charge < -0.3 is 19.2 Å². The first kappa shape index (κ1) is 31.9. The predicted octanol–water partition coefficient (Wildman–Crippen LogP) is 7.20. The van der Waals surface area contributed by atoms with Crippen molar-refractivity contribution in [2.75, 3.05) is 34.3 Å². The van der Waals surface area contributed by atoms with Crippen LogP contribution in [0.15, 0.2) is 36.3 Å². The van der Waals surface area contributed by atoms with Crippen LogP contribution in [0.3, 0.4) is 0 Å². The van der Waals surface area contributed by atoms with Gasteiger partial charge in [0.25, 0.3) is 5.95 Å². The molecular weight excluding hydrogens is 465 g/mol. The smallest absolute Gasteiger partial charge is 0.473 e. The number of phosphoric ester groups is 1. The van der Waals surface area contributed by atoms with E-state index in [-0.39, 0.29) is 18.7 Å². The number of rotatable bonds is 6. The van der Waals surface area contributed by atoms with Crippen LogP contribution in [0, 0.1) is 0 Å². The van der Waals surface area contributed by atoms with Gasteiger partial charge in [0.15, 0.2) is 0 Å². The van der Waals surface area contributed by atoms with E-state index in [1.165, 1.54) is 63.9 Å². The topological polar surface area (TPSA) is 85.2 Å². The van der Waals surface area contributed by atoms with Gasteiger partial charge in [-0.25, -0.2) is 4.57 Å². The highest BCUT2D eigenvalue weighted by atomic mass is 31.2. The number of hydrogen-bond donors (Lipinski definition) is 2.